The van der Waals surface area contributed by atoms with Crippen LogP contribution in [0, 0.1) is 0 Å². The van der Waals surface area contributed by atoms with Crippen molar-refractivity contribution in [2.24, 2.45) is 0 Å². The number of para-hydroxylation sites is 1. The fourth-order valence-electron chi connectivity index (χ4n) is 5.83. The number of carbonyl (C=O) groups excluding carboxylic acids is 1. The first-order chi connectivity index (χ1) is 18.8. The molecule has 8 nitrogen and oxygen atoms in total. The van der Waals surface area contributed by atoms with Crippen LogP contribution in [0.3, 0.4) is 0 Å². The highest BCUT2D eigenvalue weighted by molar-refractivity contribution is 7.90. The normalized spacial score (nSPS) is 20.8. The number of ether oxygens (including phenoxy) is 1. The fraction of sp³-hybridized carbons (Fsp3) is 0.367. The van der Waals surface area contributed by atoms with Crippen molar-refractivity contribution in [3.63, 3.8) is 0 Å². The lowest BCUT2D eigenvalue weighted by molar-refractivity contribution is -0.127. The number of benzene rings is 3. The Kier molecular flexibility index (Phi) is 8.16. The number of rotatable bonds is 10. The standard InChI is InChI=1S/C30H36N4O4S/c1-39(36,37)34(23-30(16-18-31-19-17-30)26-14-8-9-15-28(26)34)33-29(35)27(32-20-24-10-4-2-5-11-24)22-38-21-25-12-6-3-7-13-25/h2-15,27,31-32H,16-23H2,1H3/p+1. The molecule has 5 rings (SSSR count). The minimum atomic E-state index is -3.80. The quantitative estimate of drug-likeness (QED) is 0.337. The van der Waals surface area contributed by atoms with Gasteiger partial charge in [-0.3, -0.25) is 10.1 Å². The largest absolute Gasteiger partial charge is 0.375 e. The zero-order chi connectivity index (χ0) is 27.3. The highest BCUT2D eigenvalue weighted by atomic mass is 32.2. The molecule has 0 saturated carbocycles. The second-order valence-electron chi connectivity index (χ2n) is 10.6. The molecule has 206 valence electrons. The van der Waals surface area contributed by atoms with Gasteiger partial charge in [0.15, 0.2) is 5.69 Å². The average molecular weight is 550 g/mol. The molecular formula is C30H37N4O4S+. The number of nitrogens with zero attached hydrogens (tertiary/aromatic N) is 1. The van der Waals surface area contributed by atoms with Gasteiger partial charge in [0.1, 0.15) is 12.6 Å². The van der Waals surface area contributed by atoms with Crippen LogP contribution in [0.15, 0.2) is 84.9 Å². The molecule has 9 heteroatoms. The van der Waals surface area contributed by atoms with Crippen LogP contribution in [0.25, 0.3) is 0 Å². The van der Waals surface area contributed by atoms with Crippen LogP contribution in [0.2, 0.25) is 0 Å². The maximum Gasteiger partial charge on any atom is 0.321 e. The Bertz CT molecular complexity index is 1380. The molecule has 3 aromatic carbocycles. The van der Waals surface area contributed by atoms with Gasteiger partial charge in [0.2, 0.25) is 0 Å². The molecule has 0 aromatic heterocycles. The maximum atomic E-state index is 13.9. The molecule has 3 N–H and O–H groups in total. The first-order valence-electron chi connectivity index (χ1n) is 13.4. The third-order valence-corrected chi connectivity index (χ3v) is 9.46. The van der Waals surface area contributed by atoms with E-state index in [2.05, 4.69) is 16.1 Å². The van der Waals surface area contributed by atoms with Crippen molar-refractivity contribution in [3.05, 3.63) is 102 Å². The van der Waals surface area contributed by atoms with Gasteiger partial charge in [-0.2, -0.15) is 13.8 Å². The number of hydrogen-bond acceptors (Lipinski definition) is 6. The van der Waals surface area contributed by atoms with Gasteiger partial charge in [0.25, 0.3) is 5.91 Å². The summed E-state index contributed by atoms with van der Waals surface area (Å²) in [6.07, 6.45) is 2.83. The lowest BCUT2D eigenvalue weighted by Crippen LogP contribution is -2.68. The van der Waals surface area contributed by atoms with Crippen molar-refractivity contribution < 1.29 is 17.9 Å². The van der Waals surface area contributed by atoms with E-state index < -0.39 is 26.0 Å². The summed E-state index contributed by atoms with van der Waals surface area (Å²) in [6.45, 7) is 2.77. The predicted molar refractivity (Wildman–Crippen MR) is 153 cm³/mol. The zero-order valence-electron chi connectivity index (χ0n) is 22.3. The van der Waals surface area contributed by atoms with Crippen molar-refractivity contribution in [2.75, 3.05) is 32.5 Å². The van der Waals surface area contributed by atoms with E-state index in [0.717, 1.165) is 42.6 Å². The van der Waals surface area contributed by atoms with Crippen LogP contribution >= 0.6 is 0 Å². The van der Waals surface area contributed by atoms with Gasteiger partial charge in [0.05, 0.1) is 24.9 Å². The molecule has 1 amide bonds. The fourth-order valence-corrected chi connectivity index (χ4v) is 7.09. The zero-order valence-corrected chi connectivity index (χ0v) is 23.1. The monoisotopic (exact) mass is 549 g/mol. The summed E-state index contributed by atoms with van der Waals surface area (Å²) in [5.74, 6) is -0.412. The summed E-state index contributed by atoms with van der Waals surface area (Å²) in [4.78, 5) is 13.9. The topological polar surface area (TPSA) is 96.5 Å². The summed E-state index contributed by atoms with van der Waals surface area (Å²) in [6, 6.07) is 26.5. The number of nitrogens with one attached hydrogen (secondary N) is 3. The van der Waals surface area contributed by atoms with E-state index in [1.165, 1.54) is 6.26 Å². The SMILES string of the molecule is CS(=O)(=O)[N+]1(NC(=O)C(COCc2ccccc2)NCc2ccccc2)CC2(CCNCC2)c2ccccc21. The molecule has 2 aliphatic heterocycles. The Morgan fingerprint density at radius 3 is 2.23 bits per heavy atom. The molecule has 0 radical (unpaired) electrons. The van der Waals surface area contributed by atoms with Crippen molar-refractivity contribution in [1.29, 1.82) is 0 Å². The summed E-state index contributed by atoms with van der Waals surface area (Å²) in [5, 5.41) is 6.70. The molecule has 2 heterocycles. The Hall–Kier alpha value is -3.08. The van der Waals surface area contributed by atoms with Gasteiger partial charge in [-0.1, -0.05) is 82.9 Å². The number of hydrogen-bond donors (Lipinski definition) is 3. The van der Waals surface area contributed by atoms with Crippen molar-refractivity contribution in [1.82, 2.24) is 20.1 Å². The van der Waals surface area contributed by atoms with Crippen LogP contribution in [0.1, 0.15) is 29.5 Å². The summed E-state index contributed by atoms with van der Waals surface area (Å²) < 4.78 is 32.5. The highest BCUT2D eigenvalue weighted by Crippen LogP contribution is 2.50. The third kappa shape index (κ3) is 5.78. The van der Waals surface area contributed by atoms with Crippen LogP contribution in [-0.2, 0) is 38.1 Å². The minimum Gasteiger partial charge on any atom is -0.375 e. The second kappa shape index (κ2) is 11.6. The lowest BCUT2D eigenvalue weighted by Gasteiger charge is -2.36. The van der Waals surface area contributed by atoms with Gasteiger partial charge in [-0.25, -0.2) is 0 Å². The molecular weight excluding hydrogens is 512 g/mol. The van der Waals surface area contributed by atoms with Crippen molar-refractivity contribution in [2.45, 2.75) is 37.5 Å². The second-order valence-corrected chi connectivity index (χ2v) is 12.7. The summed E-state index contributed by atoms with van der Waals surface area (Å²) in [5.41, 5.74) is 6.32. The molecule has 2 unspecified atom stereocenters. The molecule has 39 heavy (non-hydrogen) atoms. The molecule has 1 fully saturated rings. The smallest absolute Gasteiger partial charge is 0.321 e. The van der Waals surface area contributed by atoms with Crippen molar-refractivity contribution in [3.8, 4) is 0 Å². The number of carbonyl (C=O) groups is 1. The molecule has 1 saturated heterocycles. The summed E-state index contributed by atoms with van der Waals surface area (Å²) in [7, 11) is -3.80. The molecule has 2 atom stereocenters. The van der Waals surface area contributed by atoms with Gasteiger partial charge >= 0.3 is 10.0 Å². The number of quaternary nitrogens is 1. The molecule has 1 spiro atoms. The Balaban J connectivity index is 1.42. The van der Waals surface area contributed by atoms with Crippen LogP contribution in [0.5, 0.6) is 0 Å². The molecule has 0 bridgehead atoms. The minimum absolute atomic E-state index is 0.0913. The van der Waals surface area contributed by atoms with Crippen molar-refractivity contribution >= 4 is 21.6 Å². The lowest BCUT2D eigenvalue weighted by atomic mass is 9.75. The Morgan fingerprint density at radius 2 is 1.56 bits per heavy atom. The molecule has 2 aliphatic rings. The van der Waals surface area contributed by atoms with Gasteiger partial charge in [0, 0.05) is 18.2 Å². The van der Waals surface area contributed by atoms with Gasteiger partial charge in [-0.05, 0) is 37.1 Å². The Morgan fingerprint density at radius 1 is 0.949 bits per heavy atom. The third-order valence-electron chi connectivity index (χ3n) is 7.92. The number of sulfonamides is 1. The first-order valence-corrected chi connectivity index (χ1v) is 15.3. The van der Waals surface area contributed by atoms with E-state index in [-0.39, 0.29) is 18.6 Å². The molecule has 0 aliphatic carbocycles. The van der Waals surface area contributed by atoms with E-state index >= 15 is 0 Å². The number of piperidine rings is 1. The number of fused-ring (bicyclic) bond motifs is 2. The van der Waals surface area contributed by atoms with E-state index in [9.17, 15) is 13.2 Å². The van der Waals surface area contributed by atoms with Gasteiger partial charge < -0.3 is 10.1 Å². The highest BCUT2D eigenvalue weighted by Gasteiger charge is 2.60. The molecule has 3 aromatic rings. The maximum absolute atomic E-state index is 13.9. The van der Waals surface area contributed by atoms with E-state index in [4.69, 9.17) is 4.74 Å². The van der Waals surface area contributed by atoms with Crippen LogP contribution in [0.4, 0.5) is 5.69 Å². The van der Waals surface area contributed by atoms with E-state index in [1.54, 1.807) is 0 Å². The number of amides is 1. The van der Waals surface area contributed by atoms with Crippen LogP contribution < -0.4 is 20.1 Å². The predicted octanol–water partition coefficient (Wildman–Crippen LogP) is 2.99. The van der Waals surface area contributed by atoms with Crippen LogP contribution in [-0.4, -0.2) is 52.9 Å². The first kappa shape index (κ1) is 27.5. The average Bonchev–Trinajstić information content (AvgIpc) is 3.22. The van der Waals surface area contributed by atoms with E-state index in [1.807, 2.05) is 84.9 Å². The summed E-state index contributed by atoms with van der Waals surface area (Å²) >= 11 is 0. The van der Waals surface area contributed by atoms with Gasteiger partial charge in [-0.15, -0.1) is 0 Å². The van der Waals surface area contributed by atoms with E-state index in [0.29, 0.717) is 18.8 Å². The Labute approximate surface area is 231 Å².